The lowest BCUT2D eigenvalue weighted by atomic mass is 9.76. The summed E-state index contributed by atoms with van der Waals surface area (Å²) in [4.78, 5) is 4.34. The second kappa shape index (κ2) is 9.12. The molecule has 6 nitrogen and oxygen atoms in total. The van der Waals surface area contributed by atoms with Gasteiger partial charge in [0, 0.05) is 44.7 Å². The van der Waals surface area contributed by atoms with Gasteiger partial charge in [-0.05, 0) is 25.7 Å². The Balaban J connectivity index is 0.00000220. The lowest BCUT2D eigenvalue weighted by Gasteiger charge is -2.37. The van der Waals surface area contributed by atoms with E-state index in [4.69, 9.17) is 15.2 Å². The normalized spacial score (nSPS) is 28.4. The number of aliphatic hydroxyl groups is 1. The van der Waals surface area contributed by atoms with Gasteiger partial charge in [-0.3, -0.25) is 4.99 Å². The maximum Gasteiger partial charge on any atom is 0.188 e. The van der Waals surface area contributed by atoms with Crippen LogP contribution in [0, 0.1) is 11.3 Å². The van der Waals surface area contributed by atoms with Crippen LogP contribution in [-0.2, 0) is 9.47 Å². The fraction of sp³-hybridized carbons (Fsp3) is 0.929. The number of aliphatic hydroxyl groups excluding tert-OH is 1. The molecule has 2 aliphatic rings. The number of aliphatic imine (C=N–C) groups is 1. The average Bonchev–Trinajstić information content (AvgIpc) is 2.75. The topological polar surface area (TPSA) is 89.1 Å². The molecule has 0 aromatic heterocycles. The highest BCUT2D eigenvalue weighted by atomic mass is 127. The molecular weight excluding hydrogens is 385 g/mol. The van der Waals surface area contributed by atoms with Crippen molar-refractivity contribution in [2.45, 2.75) is 31.8 Å². The van der Waals surface area contributed by atoms with Crippen molar-refractivity contribution < 1.29 is 14.6 Å². The molecule has 0 bridgehead atoms. The van der Waals surface area contributed by atoms with Gasteiger partial charge < -0.3 is 25.6 Å². The highest BCUT2D eigenvalue weighted by Crippen LogP contribution is 2.48. The van der Waals surface area contributed by atoms with E-state index in [1.807, 2.05) is 0 Å². The Morgan fingerprint density at radius 1 is 1.43 bits per heavy atom. The quantitative estimate of drug-likeness (QED) is 0.268. The van der Waals surface area contributed by atoms with Crippen LogP contribution in [0.15, 0.2) is 4.99 Å². The first-order valence-electron chi connectivity index (χ1n) is 7.46. The zero-order chi connectivity index (χ0) is 14.4. The van der Waals surface area contributed by atoms with Gasteiger partial charge in [-0.1, -0.05) is 0 Å². The zero-order valence-electron chi connectivity index (χ0n) is 12.7. The molecule has 0 radical (unpaired) electrons. The van der Waals surface area contributed by atoms with Crippen LogP contribution in [0.4, 0.5) is 0 Å². The smallest absolute Gasteiger partial charge is 0.188 e. The molecule has 0 aromatic carbocycles. The molecule has 1 saturated carbocycles. The number of ether oxygens (including phenoxy) is 2. The SMILES string of the molecule is COCCNC(N)=NCC1CCC2(CCOCC2)C1O.I. The van der Waals surface area contributed by atoms with Crippen molar-refractivity contribution in [2.75, 3.05) is 40.0 Å². The Labute approximate surface area is 143 Å². The van der Waals surface area contributed by atoms with Crippen LogP contribution >= 0.6 is 24.0 Å². The van der Waals surface area contributed by atoms with Crippen molar-refractivity contribution >= 4 is 29.9 Å². The summed E-state index contributed by atoms with van der Waals surface area (Å²) < 4.78 is 10.3. The summed E-state index contributed by atoms with van der Waals surface area (Å²) in [6.07, 6.45) is 3.76. The van der Waals surface area contributed by atoms with E-state index in [1.54, 1.807) is 7.11 Å². The Morgan fingerprint density at radius 3 is 2.81 bits per heavy atom. The van der Waals surface area contributed by atoms with Crippen LogP contribution in [0.5, 0.6) is 0 Å². The van der Waals surface area contributed by atoms with Crippen molar-refractivity contribution in [2.24, 2.45) is 22.1 Å². The van der Waals surface area contributed by atoms with Crippen LogP contribution in [0.1, 0.15) is 25.7 Å². The summed E-state index contributed by atoms with van der Waals surface area (Å²) in [5, 5.41) is 13.6. The third-order valence-electron chi connectivity index (χ3n) is 4.68. The Kier molecular flexibility index (Phi) is 8.22. The molecule has 2 atom stereocenters. The largest absolute Gasteiger partial charge is 0.392 e. The minimum atomic E-state index is -0.276. The number of halogens is 1. The van der Waals surface area contributed by atoms with Gasteiger partial charge in [0.05, 0.1) is 12.7 Å². The minimum absolute atomic E-state index is 0. The van der Waals surface area contributed by atoms with Crippen molar-refractivity contribution in [3.63, 3.8) is 0 Å². The van der Waals surface area contributed by atoms with Gasteiger partial charge in [-0.2, -0.15) is 0 Å². The molecule has 1 aliphatic carbocycles. The molecule has 1 saturated heterocycles. The van der Waals surface area contributed by atoms with E-state index >= 15 is 0 Å². The number of nitrogens with two attached hydrogens (primary N) is 1. The number of rotatable bonds is 5. The molecule has 1 spiro atoms. The highest BCUT2D eigenvalue weighted by Gasteiger charge is 2.47. The summed E-state index contributed by atoms with van der Waals surface area (Å²) >= 11 is 0. The summed E-state index contributed by atoms with van der Waals surface area (Å²) in [6, 6.07) is 0. The van der Waals surface area contributed by atoms with Gasteiger partial charge in [-0.15, -0.1) is 24.0 Å². The van der Waals surface area contributed by atoms with E-state index in [2.05, 4.69) is 10.3 Å². The third-order valence-corrected chi connectivity index (χ3v) is 4.68. The van der Waals surface area contributed by atoms with Gasteiger partial charge in [0.2, 0.25) is 0 Å². The van der Waals surface area contributed by atoms with Gasteiger partial charge in [0.1, 0.15) is 0 Å². The number of methoxy groups -OCH3 is 1. The maximum atomic E-state index is 10.6. The second-order valence-corrected chi connectivity index (χ2v) is 5.86. The number of nitrogens with zero attached hydrogens (tertiary/aromatic N) is 1. The van der Waals surface area contributed by atoms with Crippen molar-refractivity contribution in [1.29, 1.82) is 0 Å². The molecule has 2 rings (SSSR count). The molecule has 1 aliphatic heterocycles. The molecule has 2 unspecified atom stereocenters. The Hall–Kier alpha value is -0.120. The molecule has 4 N–H and O–H groups in total. The molecule has 2 fully saturated rings. The fourth-order valence-electron chi connectivity index (χ4n) is 3.35. The third kappa shape index (κ3) is 4.94. The van der Waals surface area contributed by atoms with E-state index < -0.39 is 0 Å². The minimum Gasteiger partial charge on any atom is -0.392 e. The van der Waals surface area contributed by atoms with E-state index in [0.29, 0.717) is 25.7 Å². The van der Waals surface area contributed by atoms with Gasteiger partial charge in [-0.25, -0.2) is 0 Å². The van der Waals surface area contributed by atoms with Crippen molar-refractivity contribution in [3.8, 4) is 0 Å². The zero-order valence-corrected chi connectivity index (χ0v) is 15.0. The number of hydrogen-bond acceptors (Lipinski definition) is 4. The summed E-state index contributed by atoms with van der Waals surface area (Å²) in [5.41, 5.74) is 5.86. The van der Waals surface area contributed by atoms with Gasteiger partial charge in [0.15, 0.2) is 5.96 Å². The fourth-order valence-corrected chi connectivity index (χ4v) is 3.35. The van der Waals surface area contributed by atoms with Crippen LogP contribution < -0.4 is 11.1 Å². The molecule has 21 heavy (non-hydrogen) atoms. The van der Waals surface area contributed by atoms with Gasteiger partial charge in [0.25, 0.3) is 0 Å². The van der Waals surface area contributed by atoms with E-state index in [-0.39, 0.29) is 41.4 Å². The lowest BCUT2D eigenvalue weighted by molar-refractivity contribution is -0.0548. The van der Waals surface area contributed by atoms with Crippen molar-refractivity contribution in [1.82, 2.24) is 5.32 Å². The first kappa shape index (κ1) is 18.9. The monoisotopic (exact) mass is 413 g/mol. The highest BCUT2D eigenvalue weighted by molar-refractivity contribution is 14.0. The summed E-state index contributed by atoms with van der Waals surface area (Å²) in [6.45, 7) is 3.39. The summed E-state index contributed by atoms with van der Waals surface area (Å²) in [5.74, 6) is 0.651. The number of hydrogen-bond donors (Lipinski definition) is 3. The number of nitrogens with one attached hydrogen (secondary N) is 1. The van der Waals surface area contributed by atoms with Crippen LogP contribution in [0.3, 0.4) is 0 Å². The Bertz CT molecular complexity index is 335. The molecular formula is C14H28IN3O3. The lowest BCUT2D eigenvalue weighted by Crippen LogP contribution is -2.40. The first-order valence-corrected chi connectivity index (χ1v) is 7.46. The Morgan fingerprint density at radius 2 is 2.14 bits per heavy atom. The van der Waals surface area contributed by atoms with Crippen LogP contribution in [0.25, 0.3) is 0 Å². The van der Waals surface area contributed by atoms with Crippen molar-refractivity contribution in [3.05, 3.63) is 0 Å². The average molecular weight is 413 g/mol. The number of guanidine groups is 1. The van der Waals surface area contributed by atoms with Gasteiger partial charge >= 0.3 is 0 Å². The van der Waals surface area contributed by atoms with Crippen LogP contribution in [-0.4, -0.2) is 57.2 Å². The molecule has 0 amide bonds. The first-order chi connectivity index (χ1) is 9.68. The molecule has 1 heterocycles. The van der Waals surface area contributed by atoms with E-state index in [0.717, 1.165) is 38.9 Å². The maximum absolute atomic E-state index is 10.6. The molecule has 7 heteroatoms. The predicted octanol–water partition coefficient (Wildman–Crippen LogP) is 0.723. The summed E-state index contributed by atoms with van der Waals surface area (Å²) in [7, 11) is 1.65. The molecule has 124 valence electrons. The predicted molar refractivity (Wildman–Crippen MR) is 93.0 cm³/mol. The van der Waals surface area contributed by atoms with Crippen LogP contribution in [0.2, 0.25) is 0 Å². The van der Waals surface area contributed by atoms with E-state index in [9.17, 15) is 5.11 Å². The van der Waals surface area contributed by atoms with E-state index in [1.165, 1.54) is 0 Å². The standard InChI is InChI=1S/C14H27N3O3.HI/c1-19-9-6-16-13(15)17-10-11-2-3-14(12(11)18)4-7-20-8-5-14;/h11-12,18H,2-10H2,1H3,(H3,15,16,17);1H. The molecule has 0 aromatic rings. The second-order valence-electron chi connectivity index (χ2n) is 5.86.